The Balaban J connectivity index is 2.17. The minimum absolute atomic E-state index is 0.0131. The number of hydrogen-bond acceptors (Lipinski definition) is 4. The number of nitrogens with zero attached hydrogens (tertiary/aromatic N) is 4. The summed E-state index contributed by atoms with van der Waals surface area (Å²) in [4.78, 5) is 22.8. The summed E-state index contributed by atoms with van der Waals surface area (Å²) < 4.78 is 29.3. The molecule has 3 rings (SSSR count). The molecule has 24 heavy (non-hydrogen) atoms. The van der Waals surface area contributed by atoms with Gasteiger partial charge in [0, 0.05) is 35.4 Å². The Morgan fingerprint density at radius 3 is 2.83 bits per heavy atom. The number of carbonyl (C=O) groups is 1. The van der Waals surface area contributed by atoms with Crippen LogP contribution in [0.4, 0.5) is 8.78 Å². The highest BCUT2D eigenvalue weighted by atomic mass is 79.9. The maximum atomic E-state index is 13.5. The molecule has 9 heteroatoms. The zero-order valence-corrected chi connectivity index (χ0v) is 14.1. The number of aromatic nitrogens is 4. The lowest BCUT2D eigenvalue weighted by atomic mass is 10.2. The van der Waals surface area contributed by atoms with Gasteiger partial charge in [0.1, 0.15) is 5.82 Å². The molecule has 6 nitrogen and oxygen atoms in total. The zero-order valence-electron chi connectivity index (χ0n) is 12.5. The van der Waals surface area contributed by atoms with Gasteiger partial charge in [-0.3, -0.25) is 14.3 Å². The molecular weight excluding hydrogens is 384 g/mol. The van der Waals surface area contributed by atoms with Crippen LogP contribution in [-0.2, 0) is 17.1 Å². The Labute approximate surface area is 143 Å². The van der Waals surface area contributed by atoms with Crippen LogP contribution in [-0.4, -0.2) is 25.4 Å². The number of hydrogen-bond donors (Lipinski definition) is 1. The number of carbonyl (C=O) groups excluding carboxylic acids is 1. The number of alkyl halides is 2. The molecule has 3 aromatic rings. The summed E-state index contributed by atoms with van der Waals surface area (Å²) in [5.41, 5.74) is 6.34. The number of halogens is 3. The monoisotopic (exact) mass is 395 g/mol. The number of rotatable bonds is 4. The third-order valence-electron chi connectivity index (χ3n) is 3.33. The number of fused-ring (bicyclic) bond motifs is 1. The van der Waals surface area contributed by atoms with Crippen LogP contribution in [0, 0.1) is 0 Å². The molecule has 3 heterocycles. The van der Waals surface area contributed by atoms with E-state index >= 15 is 0 Å². The van der Waals surface area contributed by atoms with Crippen molar-refractivity contribution in [3.05, 3.63) is 46.7 Å². The van der Waals surface area contributed by atoms with Gasteiger partial charge in [0.25, 0.3) is 0 Å². The molecule has 0 saturated heterocycles. The lowest BCUT2D eigenvalue weighted by molar-refractivity contribution is -0.117. The van der Waals surface area contributed by atoms with Crippen LogP contribution in [0.25, 0.3) is 16.7 Å². The maximum Gasteiger partial charge on any atom is 0.303 e. The fourth-order valence-corrected chi connectivity index (χ4v) is 2.79. The first-order chi connectivity index (χ1) is 11.3. The van der Waals surface area contributed by atoms with Crippen molar-refractivity contribution < 1.29 is 13.6 Å². The van der Waals surface area contributed by atoms with E-state index < -0.39 is 17.7 Å². The third kappa shape index (κ3) is 3.12. The lowest BCUT2D eigenvalue weighted by Gasteiger charge is -2.11. The van der Waals surface area contributed by atoms with Crippen molar-refractivity contribution in [1.82, 2.24) is 19.5 Å². The molecule has 0 aliphatic heterocycles. The quantitative estimate of drug-likeness (QED) is 0.735. The fraction of sp³-hybridized carbons (Fsp3) is 0.200. The third-order valence-corrected chi connectivity index (χ3v) is 3.97. The fourth-order valence-electron chi connectivity index (χ4n) is 2.28. The van der Waals surface area contributed by atoms with Gasteiger partial charge in [-0.15, -0.1) is 0 Å². The highest BCUT2D eigenvalue weighted by Gasteiger charge is 2.28. The van der Waals surface area contributed by atoms with E-state index in [1.165, 1.54) is 12.3 Å². The van der Waals surface area contributed by atoms with E-state index in [0.29, 0.717) is 11.2 Å². The Morgan fingerprint density at radius 2 is 2.17 bits per heavy atom. The van der Waals surface area contributed by atoms with Gasteiger partial charge in [-0.2, -0.15) is 8.78 Å². The molecule has 0 bridgehead atoms. The predicted molar refractivity (Wildman–Crippen MR) is 86.8 cm³/mol. The van der Waals surface area contributed by atoms with Gasteiger partial charge in [-0.1, -0.05) is 0 Å². The van der Waals surface area contributed by atoms with Crippen LogP contribution in [0.2, 0.25) is 0 Å². The van der Waals surface area contributed by atoms with Crippen molar-refractivity contribution in [2.45, 2.75) is 19.3 Å². The molecule has 0 atom stereocenters. The van der Waals surface area contributed by atoms with Gasteiger partial charge in [0.15, 0.2) is 0 Å². The first kappa shape index (κ1) is 16.4. The van der Waals surface area contributed by atoms with E-state index in [2.05, 4.69) is 30.9 Å². The lowest BCUT2D eigenvalue weighted by Crippen LogP contribution is -2.15. The second-order valence-electron chi connectivity index (χ2n) is 5.31. The van der Waals surface area contributed by atoms with Gasteiger partial charge in [-0.25, -0.2) is 9.97 Å². The first-order valence-electron chi connectivity index (χ1n) is 6.91. The molecule has 0 aliphatic rings. The largest absolute Gasteiger partial charge is 0.369 e. The van der Waals surface area contributed by atoms with Crippen LogP contribution < -0.4 is 5.73 Å². The van der Waals surface area contributed by atoms with Gasteiger partial charge >= 0.3 is 5.92 Å². The molecule has 124 valence electrons. The molecule has 0 saturated carbocycles. The molecule has 2 N–H and O–H groups in total. The second kappa shape index (κ2) is 5.90. The minimum Gasteiger partial charge on any atom is -0.369 e. The number of nitrogens with two attached hydrogens (primary N) is 1. The smallest absolute Gasteiger partial charge is 0.303 e. The highest BCUT2D eigenvalue weighted by molar-refractivity contribution is 9.10. The minimum atomic E-state index is -3.14. The molecule has 0 aliphatic carbocycles. The normalized spacial score (nSPS) is 11.8. The van der Waals surface area contributed by atoms with Gasteiger partial charge < -0.3 is 5.73 Å². The summed E-state index contributed by atoms with van der Waals surface area (Å²) in [6.07, 6.45) is 4.55. The van der Waals surface area contributed by atoms with Crippen molar-refractivity contribution in [2.75, 3.05) is 0 Å². The van der Waals surface area contributed by atoms with E-state index in [9.17, 15) is 13.6 Å². The molecule has 0 spiro atoms. The van der Waals surface area contributed by atoms with Crippen LogP contribution in [0.1, 0.15) is 18.4 Å². The molecule has 0 radical (unpaired) electrons. The molecular formula is C15H12BrF2N5O. The van der Waals surface area contributed by atoms with Gasteiger partial charge in [0.2, 0.25) is 11.7 Å². The molecule has 3 aromatic heterocycles. The summed E-state index contributed by atoms with van der Waals surface area (Å²) in [7, 11) is 0. The van der Waals surface area contributed by atoms with Crippen molar-refractivity contribution in [1.29, 1.82) is 0 Å². The van der Waals surface area contributed by atoms with Crippen LogP contribution in [0.15, 0.2) is 35.2 Å². The number of primary amides is 1. The summed E-state index contributed by atoms with van der Waals surface area (Å²) in [5.74, 6) is -3.93. The Bertz CT molecular complexity index is 935. The van der Waals surface area contributed by atoms with Crippen molar-refractivity contribution >= 4 is 32.7 Å². The Hall–Kier alpha value is -2.42. The van der Waals surface area contributed by atoms with Crippen LogP contribution in [0.3, 0.4) is 0 Å². The van der Waals surface area contributed by atoms with Crippen molar-refractivity contribution in [3.8, 4) is 5.82 Å². The van der Waals surface area contributed by atoms with Crippen LogP contribution >= 0.6 is 15.9 Å². The van der Waals surface area contributed by atoms with Crippen molar-refractivity contribution in [2.24, 2.45) is 5.73 Å². The van der Waals surface area contributed by atoms with Crippen LogP contribution in [0.5, 0.6) is 0 Å². The molecule has 0 fully saturated rings. The molecule has 1 amide bonds. The SMILES string of the molecule is CC(F)(F)c1nccc(-n2cc(Br)c3cnc(CC(N)=O)cc32)n1. The highest BCUT2D eigenvalue weighted by Crippen LogP contribution is 2.29. The predicted octanol–water partition coefficient (Wildman–Crippen LogP) is 2.72. The van der Waals surface area contributed by atoms with E-state index in [4.69, 9.17) is 5.73 Å². The topological polar surface area (TPSA) is 86.7 Å². The van der Waals surface area contributed by atoms with Crippen molar-refractivity contribution in [3.63, 3.8) is 0 Å². The second-order valence-corrected chi connectivity index (χ2v) is 6.16. The summed E-state index contributed by atoms with van der Waals surface area (Å²) in [5, 5.41) is 0.756. The Morgan fingerprint density at radius 1 is 1.42 bits per heavy atom. The summed E-state index contributed by atoms with van der Waals surface area (Å²) in [6.45, 7) is 0.741. The number of amides is 1. The first-order valence-corrected chi connectivity index (χ1v) is 7.70. The zero-order chi connectivity index (χ0) is 17.5. The average Bonchev–Trinajstić information content (AvgIpc) is 2.83. The van der Waals surface area contributed by atoms with E-state index in [0.717, 1.165) is 16.8 Å². The number of pyridine rings is 1. The van der Waals surface area contributed by atoms with Gasteiger partial charge in [-0.05, 0) is 28.1 Å². The van der Waals surface area contributed by atoms with E-state index in [1.54, 1.807) is 23.0 Å². The standard InChI is InChI=1S/C15H12BrF2N5O/c1-15(17,18)14-20-3-2-13(22-14)23-7-10(16)9-6-21-8(4-11(9)23)5-12(19)24/h2-4,6-7H,5H2,1H3,(H2,19,24). The van der Waals surface area contributed by atoms with Gasteiger partial charge in [0.05, 0.1) is 17.6 Å². The Kier molecular flexibility index (Phi) is 4.04. The molecule has 0 unspecified atom stereocenters. The average molecular weight is 396 g/mol. The summed E-state index contributed by atoms with van der Waals surface area (Å²) >= 11 is 3.40. The molecule has 0 aromatic carbocycles. The summed E-state index contributed by atoms with van der Waals surface area (Å²) in [6, 6.07) is 3.20. The van der Waals surface area contributed by atoms with E-state index in [-0.39, 0.29) is 12.2 Å². The van der Waals surface area contributed by atoms with E-state index in [1.807, 2.05) is 0 Å². The maximum absolute atomic E-state index is 13.5.